The molecule has 0 atom stereocenters. The summed E-state index contributed by atoms with van der Waals surface area (Å²) >= 11 is 0. The summed E-state index contributed by atoms with van der Waals surface area (Å²) in [5, 5.41) is 2.21. The lowest BCUT2D eigenvalue weighted by atomic mass is 10.0. The lowest BCUT2D eigenvalue weighted by molar-refractivity contribution is -0.120. The van der Waals surface area contributed by atoms with Crippen molar-refractivity contribution in [2.75, 3.05) is 18.6 Å². The third-order valence-corrected chi connectivity index (χ3v) is 3.26. The number of hydrogen-bond donors (Lipinski definition) is 1. The van der Waals surface area contributed by atoms with Gasteiger partial charge in [-0.05, 0) is 17.5 Å². The lowest BCUT2D eigenvalue weighted by Crippen LogP contribution is -2.49. The Hall–Kier alpha value is -2.11. The first kappa shape index (κ1) is 17.9. The molecule has 0 bridgehead atoms. The van der Waals surface area contributed by atoms with Crippen LogP contribution in [0.2, 0.25) is 0 Å². The number of carbonyl (C=O) groups excluding carboxylic acids is 2. The average Bonchev–Trinajstić information content (AvgIpc) is 2.48. The molecule has 0 aliphatic carbocycles. The molecule has 0 spiro atoms. The molecule has 1 aliphatic rings. The number of rotatable bonds is 3. The smallest absolute Gasteiger partial charge is 0.328 e. The predicted molar refractivity (Wildman–Crippen MR) is 83.9 cm³/mol. The molecule has 122 valence electrons. The van der Waals surface area contributed by atoms with Crippen LogP contribution in [0.4, 0.5) is 14.9 Å². The van der Waals surface area contributed by atoms with Crippen LogP contribution in [-0.4, -0.2) is 25.6 Å². The zero-order chi connectivity index (χ0) is 16.9. The number of imide groups is 1. The van der Waals surface area contributed by atoms with Crippen molar-refractivity contribution in [1.82, 2.24) is 5.32 Å². The summed E-state index contributed by atoms with van der Waals surface area (Å²) < 4.78 is 19.3. The molecule has 1 N–H and O–H groups in total. The molecular weight excluding hydrogens is 287 g/mol. The summed E-state index contributed by atoms with van der Waals surface area (Å²) in [7, 11) is 1.47. The zero-order valence-electron chi connectivity index (χ0n) is 13.7. The van der Waals surface area contributed by atoms with Gasteiger partial charge in [0.15, 0.2) is 0 Å². The Balaban J connectivity index is 0.00000116. The summed E-state index contributed by atoms with van der Waals surface area (Å²) in [6.07, 6.45) is 0.183. The number of carbonyl (C=O) groups is 2. The summed E-state index contributed by atoms with van der Waals surface area (Å²) in [6, 6.07) is 2.32. The summed E-state index contributed by atoms with van der Waals surface area (Å²) in [5.41, 5.74) is 0.860. The van der Waals surface area contributed by atoms with E-state index in [9.17, 15) is 14.0 Å². The van der Waals surface area contributed by atoms with Crippen LogP contribution < -0.4 is 15.0 Å². The SMILES string of the molecule is CC.COc1cc(C(C)C)c(F)cc1N1CCC(=O)NC1=O. The monoisotopic (exact) mass is 310 g/mol. The van der Waals surface area contributed by atoms with Crippen molar-refractivity contribution < 1.29 is 18.7 Å². The fraction of sp³-hybridized carbons (Fsp3) is 0.500. The Morgan fingerprint density at radius 2 is 1.91 bits per heavy atom. The number of methoxy groups -OCH3 is 1. The van der Waals surface area contributed by atoms with Crippen molar-refractivity contribution in [2.45, 2.75) is 40.0 Å². The molecule has 1 aliphatic heterocycles. The highest BCUT2D eigenvalue weighted by Crippen LogP contribution is 2.34. The highest BCUT2D eigenvalue weighted by atomic mass is 19.1. The van der Waals surface area contributed by atoms with E-state index < -0.39 is 6.03 Å². The molecule has 0 aromatic heterocycles. The van der Waals surface area contributed by atoms with Gasteiger partial charge in [-0.25, -0.2) is 9.18 Å². The molecule has 1 aromatic rings. The van der Waals surface area contributed by atoms with Gasteiger partial charge < -0.3 is 4.74 Å². The molecule has 22 heavy (non-hydrogen) atoms. The molecule has 1 fully saturated rings. The number of amides is 3. The van der Waals surface area contributed by atoms with Crippen molar-refractivity contribution in [1.29, 1.82) is 0 Å². The topological polar surface area (TPSA) is 58.6 Å². The van der Waals surface area contributed by atoms with Gasteiger partial charge in [-0.15, -0.1) is 0 Å². The highest BCUT2D eigenvalue weighted by Gasteiger charge is 2.27. The largest absolute Gasteiger partial charge is 0.495 e. The number of urea groups is 1. The van der Waals surface area contributed by atoms with E-state index in [4.69, 9.17) is 4.74 Å². The van der Waals surface area contributed by atoms with Gasteiger partial charge in [0.1, 0.15) is 11.6 Å². The Morgan fingerprint density at radius 1 is 1.27 bits per heavy atom. The number of ether oxygens (including phenoxy) is 1. The first-order valence-corrected chi connectivity index (χ1v) is 7.42. The van der Waals surface area contributed by atoms with E-state index in [0.717, 1.165) is 0 Å². The van der Waals surface area contributed by atoms with Crippen molar-refractivity contribution in [2.24, 2.45) is 0 Å². The van der Waals surface area contributed by atoms with E-state index in [2.05, 4.69) is 5.32 Å². The number of halogens is 1. The second-order valence-corrected chi connectivity index (χ2v) is 4.96. The molecule has 1 saturated heterocycles. The molecule has 0 unspecified atom stereocenters. The number of anilines is 1. The minimum atomic E-state index is -0.559. The molecule has 0 radical (unpaired) electrons. The fourth-order valence-corrected chi connectivity index (χ4v) is 2.17. The summed E-state index contributed by atoms with van der Waals surface area (Å²) in [4.78, 5) is 24.3. The quantitative estimate of drug-likeness (QED) is 0.930. The van der Waals surface area contributed by atoms with E-state index in [1.165, 1.54) is 18.1 Å². The van der Waals surface area contributed by atoms with Crippen LogP contribution in [0.1, 0.15) is 45.6 Å². The van der Waals surface area contributed by atoms with Crippen LogP contribution in [0.25, 0.3) is 0 Å². The molecule has 2 rings (SSSR count). The highest BCUT2D eigenvalue weighted by molar-refractivity contribution is 6.06. The van der Waals surface area contributed by atoms with E-state index in [1.807, 2.05) is 27.7 Å². The minimum Gasteiger partial charge on any atom is -0.495 e. The fourth-order valence-electron chi connectivity index (χ4n) is 2.17. The number of benzene rings is 1. The summed E-state index contributed by atoms with van der Waals surface area (Å²) in [6.45, 7) is 7.97. The number of hydrogen-bond acceptors (Lipinski definition) is 3. The van der Waals surface area contributed by atoms with Gasteiger partial charge in [-0.1, -0.05) is 27.7 Å². The Morgan fingerprint density at radius 3 is 2.41 bits per heavy atom. The second-order valence-electron chi connectivity index (χ2n) is 4.96. The van der Waals surface area contributed by atoms with Gasteiger partial charge in [0.2, 0.25) is 5.91 Å². The number of nitrogens with one attached hydrogen (secondary N) is 1. The van der Waals surface area contributed by atoms with Gasteiger partial charge in [0.25, 0.3) is 0 Å². The van der Waals surface area contributed by atoms with Crippen LogP contribution in [0.3, 0.4) is 0 Å². The van der Waals surface area contributed by atoms with E-state index in [0.29, 0.717) is 17.0 Å². The lowest BCUT2D eigenvalue weighted by Gasteiger charge is -2.28. The maximum absolute atomic E-state index is 14.1. The standard InChI is InChI=1S/C14H17FN2O3.C2H6/c1-8(2)9-6-12(20-3)11(7-10(9)15)17-5-4-13(18)16-14(17)19;1-2/h6-8H,4-5H2,1-3H3,(H,16,18,19);1-2H3. The van der Waals surface area contributed by atoms with Crippen molar-refractivity contribution in [3.05, 3.63) is 23.5 Å². The molecule has 1 aromatic carbocycles. The van der Waals surface area contributed by atoms with Crippen molar-refractivity contribution in [3.63, 3.8) is 0 Å². The third kappa shape index (κ3) is 3.75. The molecule has 0 saturated carbocycles. The molecular formula is C16H23FN2O3. The predicted octanol–water partition coefficient (Wildman–Crippen LogP) is 3.43. The van der Waals surface area contributed by atoms with E-state index >= 15 is 0 Å². The van der Waals surface area contributed by atoms with Crippen LogP contribution in [0.15, 0.2) is 12.1 Å². The minimum absolute atomic E-state index is 0.00899. The first-order chi connectivity index (χ1) is 10.4. The Labute approximate surface area is 130 Å². The average molecular weight is 310 g/mol. The van der Waals surface area contributed by atoms with Crippen LogP contribution in [0, 0.1) is 5.82 Å². The van der Waals surface area contributed by atoms with Gasteiger partial charge in [0, 0.05) is 19.0 Å². The molecule has 5 nitrogen and oxygen atoms in total. The van der Waals surface area contributed by atoms with E-state index in [1.54, 1.807) is 6.07 Å². The van der Waals surface area contributed by atoms with Gasteiger partial charge in [0.05, 0.1) is 12.8 Å². The van der Waals surface area contributed by atoms with Crippen LogP contribution in [-0.2, 0) is 4.79 Å². The maximum Gasteiger partial charge on any atom is 0.328 e. The third-order valence-electron chi connectivity index (χ3n) is 3.26. The van der Waals surface area contributed by atoms with Crippen molar-refractivity contribution in [3.8, 4) is 5.75 Å². The zero-order valence-corrected chi connectivity index (χ0v) is 13.7. The van der Waals surface area contributed by atoms with Crippen LogP contribution in [0.5, 0.6) is 5.75 Å². The molecule has 3 amide bonds. The first-order valence-electron chi connectivity index (χ1n) is 7.42. The normalized spacial score (nSPS) is 14.4. The second kappa shape index (κ2) is 7.77. The summed E-state index contributed by atoms with van der Waals surface area (Å²) in [5.74, 6) is -0.292. The van der Waals surface area contributed by atoms with Crippen molar-refractivity contribution >= 4 is 17.6 Å². The molecule has 6 heteroatoms. The van der Waals surface area contributed by atoms with Gasteiger partial charge in [-0.3, -0.25) is 15.0 Å². The molecule has 1 heterocycles. The van der Waals surface area contributed by atoms with Crippen LogP contribution >= 0.6 is 0 Å². The Kier molecular flexibility index (Phi) is 6.34. The maximum atomic E-state index is 14.1. The van der Waals surface area contributed by atoms with Gasteiger partial charge >= 0.3 is 6.03 Å². The van der Waals surface area contributed by atoms with E-state index in [-0.39, 0.29) is 30.6 Å². The Bertz CT molecular complexity index is 559. The number of nitrogens with zero attached hydrogens (tertiary/aromatic N) is 1. The van der Waals surface area contributed by atoms with Gasteiger partial charge in [-0.2, -0.15) is 0 Å².